The van der Waals surface area contributed by atoms with Gasteiger partial charge in [0.05, 0.1) is 0 Å². The van der Waals surface area contributed by atoms with Crippen molar-refractivity contribution in [2.24, 2.45) is 0 Å². The van der Waals surface area contributed by atoms with Gasteiger partial charge in [0.15, 0.2) is 0 Å². The van der Waals surface area contributed by atoms with E-state index in [1.54, 1.807) is 0 Å². The molecule has 4 rings (SSSR count). The molecule has 0 spiro atoms. The maximum Gasteiger partial charge on any atom is 0.266 e. The molecule has 1 aromatic heterocycles. The summed E-state index contributed by atoms with van der Waals surface area (Å²) in [6.07, 6.45) is 4.16. The van der Waals surface area contributed by atoms with Crippen molar-refractivity contribution in [3.8, 4) is 0 Å². The Morgan fingerprint density at radius 3 is 2.67 bits per heavy atom. The van der Waals surface area contributed by atoms with E-state index in [0.29, 0.717) is 0 Å². The van der Waals surface area contributed by atoms with Crippen molar-refractivity contribution < 1.29 is 17.2 Å². The van der Waals surface area contributed by atoms with Crippen molar-refractivity contribution in [1.29, 1.82) is 0 Å². The molecular weight excluding hydrogens is 430 g/mol. The van der Waals surface area contributed by atoms with Crippen LogP contribution in [0.3, 0.4) is 0 Å². The topological polar surface area (TPSA) is 75.2 Å². The predicted octanol–water partition coefficient (Wildman–Crippen LogP) is 4.34. The SMILES string of the molecule is O=S(=O)(Nc1ncns1)c1cc(F)c(CN2CCCC[C@H]2c2ccccc2)cc1F. The van der Waals surface area contributed by atoms with Crippen LogP contribution >= 0.6 is 11.5 Å². The summed E-state index contributed by atoms with van der Waals surface area (Å²) in [6.45, 7) is 0.964. The van der Waals surface area contributed by atoms with Gasteiger partial charge in [0, 0.05) is 29.7 Å². The summed E-state index contributed by atoms with van der Waals surface area (Å²) in [5, 5.41) is -0.0158. The van der Waals surface area contributed by atoms with Crippen LogP contribution in [0.15, 0.2) is 53.7 Å². The average molecular weight is 451 g/mol. The molecule has 1 saturated heterocycles. The van der Waals surface area contributed by atoms with Gasteiger partial charge < -0.3 is 0 Å². The number of sulfonamides is 1. The summed E-state index contributed by atoms with van der Waals surface area (Å²) in [7, 11) is -4.31. The van der Waals surface area contributed by atoms with Crippen LogP contribution < -0.4 is 4.72 Å². The van der Waals surface area contributed by atoms with Gasteiger partial charge in [-0.3, -0.25) is 9.62 Å². The van der Waals surface area contributed by atoms with Gasteiger partial charge in [-0.05, 0) is 37.1 Å². The molecule has 0 amide bonds. The number of aromatic nitrogens is 2. The molecule has 0 unspecified atom stereocenters. The molecule has 1 aliphatic rings. The first kappa shape index (κ1) is 20.8. The van der Waals surface area contributed by atoms with Crippen molar-refractivity contribution in [2.75, 3.05) is 11.3 Å². The fraction of sp³-hybridized carbons (Fsp3) is 0.300. The number of anilines is 1. The fourth-order valence-corrected chi connectivity index (χ4v) is 5.47. The van der Waals surface area contributed by atoms with E-state index in [1.165, 1.54) is 6.33 Å². The summed E-state index contributed by atoms with van der Waals surface area (Å²) in [6, 6.07) is 11.8. The monoisotopic (exact) mass is 450 g/mol. The second kappa shape index (κ2) is 8.75. The van der Waals surface area contributed by atoms with Gasteiger partial charge in [-0.25, -0.2) is 22.2 Å². The number of nitrogens with one attached hydrogen (secondary N) is 1. The Labute approximate surface area is 177 Å². The number of rotatable bonds is 6. The lowest BCUT2D eigenvalue weighted by Crippen LogP contribution is -2.33. The van der Waals surface area contributed by atoms with Crippen LogP contribution in [0, 0.1) is 11.6 Å². The predicted molar refractivity (Wildman–Crippen MR) is 111 cm³/mol. The lowest BCUT2D eigenvalue weighted by Gasteiger charge is -2.36. The van der Waals surface area contributed by atoms with Crippen LogP contribution in [-0.4, -0.2) is 29.2 Å². The molecule has 0 radical (unpaired) electrons. The number of piperidine rings is 1. The van der Waals surface area contributed by atoms with Gasteiger partial charge in [-0.15, -0.1) is 0 Å². The zero-order chi connectivity index (χ0) is 21.1. The van der Waals surface area contributed by atoms with E-state index in [4.69, 9.17) is 0 Å². The molecule has 1 atom stereocenters. The van der Waals surface area contributed by atoms with Crippen molar-refractivity contribution in [2.45, 2.75) is 36.7 Å². The molecule has 1 N–H and O–H groups in total. The quantitative estimate of drug-likeness (QED) is 0.605. The van der Waals surface area contributed by atoms with Gasteiger partial charge in [0.1, 0.15) is 22.9 Å². The third-order valence-electron chi connectivity index (χ3n) is 5.14. The summed E-state index contributed by atoms with van der Waals surface area (Å²) in [5.41, 5.74) is 1.27. The number of hydrogen-bond donors (Lipinski definition) is 1. The lowest BCUT2D eigenvalue weighted by atomic mass is 9.94. The summed E-state index contributed by atoms with van der Waals surface area (Å²) >= 11 is 0.805. The molecule has 1 aliphatic heterocycles. The normalized spacial score (nSPS) is 17.7. The number of likely N-dealkylation sites (tertiary alicyclic amines) is 1. The van der Waals surface area contributed by atoms with Gasteiger partial charge in [-0.2, -0.15) is 4.37 Å². The molecule has 0 bridgehead atoms. The minimum atomic E-state index is -4.31. The van der Waals surface area contributed by atoms with E-state index < -0.39 is 26.6 Å². The number of benzene rings is 2. The highest BCUT2D eigenvalue weighted by Gasteiger charge is 2.27. The highest BCUT2D eigenvalue weighted by atomic mass is 32.2. The highest BCUT2D eigenvalue weighted by Crippen LogP contribution is 2.33. The smallest absolute Gasteiger partial charge is 0.266 e. The Morgan fingerprint density at radius 1 is 1.13 bits per heavy atom. The van der Waals surface area contributed by atoms with Crippen LogP contribution in [0.5, 0.6) is 0 Å². The van der Waals surface area contributed by atoms with Gasteiger partial charge in [-0.1, -0.05) is 36.8 Å². The average Bonchev–Trinajstić information content (AvgIpc) is 3.23. The molecule has 0 saturated carbocycles. The molecule has 3 aromatic rings. The molecule has 158 valence electrons. The van der Waals surface area contributed by atoms with Crippen molar-refractivity contribution in [1.82, 2.24) is 14.3 Å². The standard InChI is InChI=1S/C20H20F2N4O2S2/c21-16-11-19(30(27,28)25-20-23-13-24-29-20)17(22)10-15(16)12-26-9-5-4-8-18(26)14-6-2-1-3-7-14/h1-3,6-7,10-11,13,18H,4-5,8-9,12H2,(H,23,24,25)/t18-/m0/s1. The first-order valence-electron chi connectivity index (χ1n) is 9.50. The molecule has 2 aromatic carbocycles. The molecule has 2 heterocycles. The molecule has 10 heteroatoms. The minimum Gasteiger partial charge on any atom is -0.292 e. The molecular formula is C20H20F2N4O2S2. The molecule has 1 fully saturated rings. The van der Waals surface area contributed by atoms with Crippen molar-refractivity contribution in [3.63, 3.8) is 0 Å². The number of nitrogens with zero attached hydrogens (tertiary/aromatic N) is 3. The molecule has 30 heavy (non-hydrogen) atoms. The first-order valence-corrected chi connectivity index (χ1v) is 11.8. The Kier molecular flexibility index (Phi) is 6.07. The Balaban J connectivity index is 1.58. The van der Waals surface area contributed by atoms with Crippen LogP contribution in [0.25, 0.3) is 0 Å². The van der Waals surface area contributed by atoms with Gasteiger partial charge in [0.25, 0.3) is 10.0 Å². The minimum absolute atomic E-state index is 0.0158. The Bertz CT molecular complexity index is 1110. The van der Waals surface area contributed by atoms with Gasteiger partial charge in [0.2, 0.25) is 5.13 Å². The first-order chi connectivity index (χ1) is 14.4. The van der Waals surface area contributed by atoms with Crippen LogP contribution in [0.1, 0.15) is 36.4 Å². The molecule has 6 nitrogen and oxygen atoms in total. The van der Waals surface area contributed by atoms with Gasteiger partial charge >= 0.3 is 0 Å². The van der Waals surface area contributed by atoms with Crippen LogP contribution in [0.4, 0.5) is 13.9 Å². The van der Waals surface area contributed by atoms with E-state index in [2.05, 4.69) is 19.0 Å². The largest absolute Gasteiger partial charge is 0.292 e. The third kappa shape index (κ3) is 4.50. The number of hydrogen-bond acceptors (Lipinski definition) is 6. The van der Waals surface area contributed by atoms with Crippen molar-refractivity contribution in [3.05, 3.63) is 71.6 Å². The second-order valence-electron chi connectivity index (χ2n) is 7.12. The van der Waals surface area contributed by atoms with E-state index in [9.17, 15) is 17.2 Å². The summed E-state index contributed by atoms with van der Waals surface area (Å²) < 4.78 is 60.1. The maximum atomic E-state index is 14.8. The highest BCUT2D eigenvalue weighted by molar-refractivity contribution is 7.93. The maximum absolute atomic E-state index is 14.8. The van der Waals surface area contributed by atoms with Crippen molar-refractivity contribution >= 4 is 26.7 Å². The Morgan fingerprint density at radius 2 is 1.93 bits per heavy atom. The second-order valence-corrected chi connectivity index (χ2v) is 9.55. The van der Waals surface area contributed by atoms with Crippen LogP contribution in [-0.2, 0) is 16.6 Å². The van der Waals surface area contributed by atoms with E-state index >= 15 is 0 Å². The molecule has 0 aliphatic carbocycles. The van der Waals surface area contributed by atoms with E-state index in [-0.39, 0.29) is 23.3 Å². The fourth-order valence-electron chi connectivity index (χ4n) is 3.74. The Hall–Kier alpha value is -2.43. The van der Waals surface area contributed by atoms with E-state index in [0.717, 1.165) is 55.0 Å². The number of halogens is 2. The zero-order valence-electron chi connectivity index (χ0n) is 16.0. The lowest BCUT2D eigenvalue weighted by molar-refractivity contribution is 0.138. The summed E-state index contributed by atoms with van der Waals surface area (Å²) in [4.78, 5) is 5.07. The third-order valence-corrected chi connectivity index (χ3v) is 7.21. The summed E-state index contributed by atoms with van der Waals surface area (Å²) in [5.74, 6) is -1.76. The zero-order valence-corrected chi connectivity index (χ0v) is 17.6. The van der Waals surface area contributed by atoms with E-state index in [1.807, 2.05) is 30.3 Å². The van der Waals surface area contributed by atoms with Crippen LogP contribution in [0.2, 0.25) is 0 Å².